The summed E-state index contributed by atoms with van der Waals surface area (Å²) in [6.45, 7) is 0. The number of benzene rings is 2. The third kappa shape index (κ3) is 3.50. The summed E-state index contributed by atoms with van der Waals surface area (Å²) in [5.74, 6) is 4.62. The Hall–Kier alpha value is -1.56. The molecule has 0 aromatic heterocycles. The number of carbonyl (C=O) groups excluding carboxylic acids is 1. The van der Waals surface area contributed by atoms with E-state index in [1.54, 1.807) is 6.07 Å². The van der Waals surface area contributed by atoms with Gasteiger partial charge in [-0.1, -0.05) is 23.7 Å². The largest absolute Gasteiger partial charge is 0.290 e. The second kappa shape index (κ2) is 6.74. The van der Waals surface area contributed by atoms with Crippen LogP contribution in [-0.2, 0) is 5.75 Å². The number of hydrazine groups is 1. The van der Waals surface area contributed by atoms with Crippen molar-refractivity contribution in [3.05, 3.63) is 64.4 Å². The number of nitrogens with one attached hydrogen (secondary N) is 1. The van der Waals surface area contributed by atoms with Crippen LogP contribution in [0.2, 0.25) is 5.02 Å². The van der Waals surface area contributed by atoms with E-state index in [0.717, 1.165) is 4.90 Å². The fourth-order valence-electron chi connectivity index (χ4n) is 1.63. The van der Waals surface area contributed by atoms with Gasteiger partial charge in [0.25, 0.3) is 5.91 Å². The maximum atomic E-state index is 13.7. The molecule has 0 atom stereocenters. The SMILES string of the molecule is NNC(=O)c1ccc(F)c(CSc2ccccc2Cl)c1. The normalized spacial score (nSPS) is 10.3. The average Bonchev–Trinajstić information content (AvgIpc) is 2.47. The van der Waals surface area contributed by atoms with Gasteiger partial charge < -0.3 is 0 Å². The second-order valence-corrected chi connectivity index (χ2v) is 5.42. The molecular formula is C14H12ClFN2OS. The molecule has 0 bridgehead atoms. The van der Waals surface area contributed by atoms with Crippen molar-refractivity contribution in [3.63, 3.8) is 0 Å². The van der Waals surface area contributed by atoms with E-state index in [1.807, 2.05) is 23.6 Å². The van der Waals surface area contributed by atoms with E-state index in [0.29, 0.717) is 21.9 Å². The Kier molecular flexibility index (Phi) is 5.00. The highest BCUT2D eigenvalue weighted by atomic mass is 35.5. The van der Waals surface area contributed by atoms with Crippen LogP contribution >= 0.6 is 23.4 Å². The Morgan fingerprint density at radius 1 is 1.30 bits per heavy atom. The van der Waals surface area contributed by atoms with Gasteiger partial charge in [0.2, 0.25) is 0 Å². The monoisotopic (exact) mass is 310 g/mol. The molecule has 2 rings (SSSR count). The van der Waals surface area contributed by atoms with E-state index in [9.17, 15) is 9.18 Å². The molecule has 3 N–H and O–H groups in total. The molecule has 0 fully saturated rings. The topological polar surface area (TPSA) is 55.1 Å². The van der Waals surface area contributed by atoms with Crippen molar-refractivity contribution in [3.8, 4) is 0 Å². The van der Waals surface area contributed by atoms with E-state index in [4.69, 9.17) is 17.4 Å². The van der Waals surface area contributed by atoms with Crippen molar-refractivity contribution >= 4 is 29.3 Å². The van der Waals surface area contributed by atoms with Crippen LogP contribution in [0.25, 0.3) is 0 Å². The number of hydrogen-bond donors (Lipinski definition) is 2. The van der Waals surface area contributed by atoms with Gasteiger partial charge in [-0.25, -0.2) is 10.2 Å². The molecule has 0 radical (unpaired) electrons. The van der Waals surface area contributed by atoms with Crippen LogP contribution in [0.1, 0.15) is 15.9 Å². The van der Waals surface area contributed by atoms with Gasteiger partial charge >= 0.3 is 0 Å². The van der Waals surface area contributed by atoms with Crippen LogP contribution < -0.4 is 11.3 Å². The van der Waals surface area contributed by atoms with E-state index in [-0.39, 0.29) is 5.82 Å². The predicted octanol–water partition coefficient (Wildman–Crippen LogP) is 3.37. The summed E-state index contributed by atoms with van der Waals surface area (Å²) < 4.78 is 13.7. The molecule has 0 aliphatic carbocycles. The zero-order valence-electron chi connectivity index (χ0n) is 10.4. The minimum atomic E-state index is -0.450. The zero-order valence-corrected chi connectivity index (χ0v) is 12.0. The lowest BCUT2D eigenvalue weighted by Gasteiger charge is -2.07. The minimum Gasteiger partial charge on any atom is -0.290 e. The van der Waals surface area contributed by atoms with Crippen molar-refractivity contribution < 1.29 is 9.18 Å². The molecule has 0 aliphatic rings. The molecule has 0 heterocycles. The molecule has 0 spiro atoms. The van der Waals surface area contributed by atoms with Crippen LogP contribution in [0.5, 0.6) is 0 Å². The van der Waals surface area contributed by atoms with E-state index in [2.05, 4.69) is 0 Å². The summed E-state index contributed by atoms with van der Waals surface area (Å²) in [4.78, 5) is 12.3. The lowest BCUT2D eigenvalue weighted by molar-refractivity contribution is 0.0953. The molecule has 1 amide bonds. The van der Waals surface area contributed by atoms with Crippen LogP contribution in [0.15, 0.2) is 47.4 Å². The van der Waals surface area contributed by atoms with Gasteiger partial charge in [-0.2, -0.15) is 0 Å². The predicted molar refractivity (Wildman–Crippen MR) is 79.1 cm³/mol. The van der Waals surface area contributed by atoms with Crippen molar-refractivity contribution in [1.82, 2.24) is 5.43 Å². The quantitative estimate of drug-likeness (QED) is 0.394. The average molecular weight is 311 g/mol. The molecule has 104 valence electrons. The number of carbonyl (C=O) groups is 1. The van der Waals surface area contributed by atoms with Crippen LogP contribution in [0.3, 0.4) is 0 Å². The van der Waals surface area contributed by atoms with Gasteiger partial charge in [-0.15, -0.1) is 11.8 Å². The van der Waals surface area contributed by atoms with Gasteiger partial charge in [0, 0.05) is 16.2 Å². The first-order chi connectivity index (χ1) is 9.61. The van der Waals surface area contributed by atoms with Crippen LogP contribution in [0.4, 0.5) is 4.39 Å². The van der Waals surface area contributed by atoms with Crippen molar-refractivity contribution in [2.24, 2.45) is 5.84 Å². The third-order valence-electron chi connectivity index (χ3n) is 2.66. The maximum Gasteiger partial charge on any atom is 0.265 e. The van der Waals surface area contributed by atoms with Gasteiger partial charge in [0.1, 0.15) is 5.82 Å². The van der Waals surface area contributed by atoms with Crippen LogP contribution in [-0.4, -0.2) is 5.91 Å². The van der Waals surface area contributed by atoms with Crippen molar-refractivity contribution in [1.29, 1.82) is 0 Å². The standard InChI is InChI=1S/C14H12ClFN2OS/c15-11-3-1-2-4-13(11)20-8-10-7-9(14(19)18-17)5-6-12(10)16/h1-7H,8,17H2,(H,18,19). The van der Waals surface area contributed by atoms with Gasteiger partial charge in [0.05, 0.1) is 5.02 Å². The molecule has 6 heteroatoms. The number of halogens is 2. The number of nitrogens with two attached hydrogens (primary N) is 1. The molecule has 3 nitrogen and oxygen atoms in total. The molecule has 2 aromatic carbocycles. The first-order valence-corrected chi connectivity index (χ1v) is 7.15. The summed E-state index contributed by atoms with van der Waals surface area (Å²) >= 11 is 7.45. The lowest BCUT2D eigenvalue weighted by atomic mass is 10.1. The highest BCUT2D eigenvalue weighted by Gasteiger charge is 2.10. The molecule has 0 aliphatic heterocycles. The highest BCUT2D eigenvalue weighted by molar-refractivity contribution is 7.98. The lowest BCUT2D eigenvalue weighted by Crippen LogP contribution is -2.30. The number of amides is 1. The van der Waals surface area contributed by atoms with Gasteiger partial charge in [-0.05, 0) is 35.9 Å². The molecule has 20 heavy (non-hydrogen) atoms. The summed E-state index contributed by atoms with van der Waals surface area (Å²) in [6, 6.07) is 11.5. The smallest absolute Gasteiger partial charge is 0.265 e. The Bertz CT molecular complexity index is 636. The first-order valence-electron chi connectivity index (χ1n) is 5.78. The second-order valence-electron chi connectivity index (χ2n) is 4.00. The fourth-order valence-corrected chi connectivity index (χ4v) is 2.84. The summed E-state index contributed by atoms with van der Waals surface area (Å²) in [6.07, 6.45) is 0. The van der Waals surface area contributed by atoms with E-state index < -0.39 is 5.91 Å². The Morgan fingerprint density at radius 3 is 2.75 bits per heavy atom. The summed E-state index contributed by atoms with van der Waals surface area (Å²) in [5.41, 5.74) is 2.77. The maximum absolute atomic E-state index is 13.7. The molecule has 2 aromatic rings. The first kappa shape index (κ1) is 14.8. The van der Waals surface area contributed by atoms with E-state index >= 15 is 0 Å². The Morgan fingerprint density at radius 2 is 2.05 bits per heavy atom. The molecule has 0 unspecified atom stereocenters. The Balaban J connectivity index is 2.17. The van der Waals surface area contributed by atoms with Crippen molar-refractivity contribution in [2.75, 3.05) is 0 Å². The third-order valence-corrected chi connectivity index (χ3v) is 4.22. The zero-order chi connectivity index (χ0) is 14.5. The number of thioether (sulfide) groups is 1. The molecular weight excluding hydrogens is 299 g/mol. The number of hydrogen-bond acceptors (Lipinski definition) is 3. The summed E-state index contributed by atoms with van der Waals surface area (Å²) in [7, 11) is 0. The Labute approximate surface area is 125 Å². The minimum absolute atomic E-state index is 0.323. The highest BCUT2D eigenvalue weighted by Crippen LogP contribution is 2.30. The molecule has 0 saturated heterocycles. The number of rotatable bonds is 4. The fraction of sp³-hybridized carbons (Fsp3) is 0.0714. The van der Waals surface area contributed by atoms with Gasteiger partial charge in [-0.3, -0.25) is 10.2 Å². The van der Waals surface area contributed by atoms with Crippen molar-refractivity contribution in [2.45, 2.75) is 10.6 Å². The van der Waals surface area contributed by atoms with Crippen LogP contribution in [0, 0.1) is 5.82 Å². The summed E-state index contributed by atoms with van der Waals surface area (Å²) in [5, 5.41) is 0.619. The van der Waals surface area contributed by atoms with Gasteiger partial charge in [0.15, 0.2) is 0 Å². The number of nitrogen functional groups attached to an aromatic ring is 1. The van der Waals surface area contributed by atoms with E-state index in [1.165, 1.54) is 30.0 Å². The molecule has 0 saturated carbocycles.